The lowest BCUT2D eigenvalue weighted by Gasteiger charge is -2.23. The summed E-state index contributed by atoms with van der Waals surface area (Å²) in [6.45, 7) is 0.538. The minimum atomic E-state index is -3.85. The number of furan rings is 1. The van der Waals surface area contributed by atoms with Crippen LogP contribution in [0.5, 0.6) is 0 Å². The topological polar surface area (TPSA) is 92.5 Å². The van der Waals surface area contributed by atoms with Gasteiger partial charge in [0.05, 0.1) is 18.3 Å². The van der Waals surface area contributed by atoms with Gasteiger partial charge < -0.3 is 9.73 Å². The Morgan fingerprint density at radius 3 is 2.89 bits per heavy atom. The predicted molar refractivity (Wildman–Crippen MR) is 99.2 cm³/mol. The van der Waals surface area contributed by atoms with Crippen LogP contribution in [0.25, 0.3) is 10.9 Å². The van der Waals surface area contributed by atoms with Crippen LogP contribution < -0.4 is 5.32 Å². The fourth-order valence-electron chi connectivity index (χ4n) is 3.41. The third-order valence-corrected chi connectivity index (χ3v) is 6.65. The number of carbonyl (C=O) groups is 1. The maximum atomic E-state index is 13.3. The maximum Gasteiger partial charge on any atom is 0.245 e. The average molecular weight is 385 g/mol. The van der Waals surface area contributed by atoms with Crippen LogP contribution in [0.3, 0.4) is 0 Å². The van der Waals surface area contributed by atoms with Gasteiger partial charge in [0.25, 0.3) is 0 Å². The molecule has 3 aromatic rings. The van der Waals surface area contributed by atoms with Gasteiger partial charge in [0.2, 0.25) is 15.9 Å². The van der Waals surface area contributed by atoms with E-state index < -0.39 is 16.1 Å². The third kappa shape index (κ3) is 3.33. The average Bonchev–Trinajstić information content (AvgIpc) is 3.37. The Bertz CT molecular complexity index is 1060. The second kappa shape index (κ2) is 7.13. The number of nitrogens with one attached hydrogen (secondary N) is 1. The summed E-state index contributed by atoms with van der Waals surface area (Å²) in [7, 11) is -3.85. The third-order valence-electron chi connectivity index (χ3n) is 4.71. The number of hydrogen-bond donors (Lipinski definition) is 1. The van der Waals surface area contributed by atoms with Crippen molar-refractivity contribution in [3.05, 3.63) is 60.7 Å². The van der Waals surface area contributed by atoms with E-state index in [1.165, 1.54) is 10.6 Å². The number of para-hydroxylation sites is 1. The SMILES string of the molecule is O=C(NCc1ccco1)[C@@H]1CCCN1S(=O)(=O)c1cccc2cccnc12. The smallest absolute Gasteiger partial charge is 0.245 e. The number of aromatic nitrogens is 1. The van der Waals surface area contributed by atoms with Gasteiger partial charge in [-0.2, -0.15) is 4.31 Å². The first-order valence-electron chi connectivity index (χ1n) is 8.73. The van der Waals surface area contributed by atoms with Crippen LogP contribution in [0.2, 0.25) is 0 Å². The Hall–Kier alpha value is -2.71. The minimum Gasteiger partial charge on any atom is -0.467 e. The Morgan fingerprint density at radius 2 is 2.07 bits per heavy atom. The molecular weight excluding hydrogens is 366 g/mol. The lowest BCUT2D eigenvalue weighted by molar-refractivity contribution is -0.124. The molecule has 0 aliphatic carbocycles. The second-order valence-corrected chi connectivity index (χ2v) is 8.26. The van der Waals surface area contributed by atoms with Gasteiger partial charge >= 0.3 is 0 Å². The predicted octanol–water partition coefficient (Wildman–Crippen LogP) is 2.30. The summed E-state index contributed by atoms with van der Waals surface area (Å²) in [6.07, 6.45) is 4.22. The summed E-state index contributed by atoms with van der Waals surface area (Å²) < 4.78 is 33.1. The molecule has 0 unspecified atom stereocenters. The number of rotatable bonds is 5. The van der Waals surface area contributed by atoms with Crippen LogP contribution in [0, 0.1) is 0 Å². The van der Waals surface area contributed by atoms with Crippen molar-refractivity contribution in [2.24, 2.45) is 0 Å². The molecule has 3 heterocycles. The lowest BCUT2D eigenvalue weighted by atomic mass is 10.2. The fourth-order valence-corrected chi connectivity index (χ4v) is 5.23. The summed E-state index contributed by atoms with van der Waals surface area (Å²) in [6, 6.07) is 11.4. The lowest BCUT2D eigenvalue weighted by Crippen LogP contribution is -2.45. The van der Waals surface area contributed by atoms with Gasteiger partial charge in [0.15, 0.2) is 0 Å². The van der Waals surface area contributed by atoms with Crippen molar-refractivity contribution < 1.29 is 17.6 Å². The zero-order valence-corrected chi connectivity index (χ0v) is 15.4. The van der Waals surface area contributed by atoms with Crippen molar-refractivity contribution in [3.63, 3.8) is 0 Å². The van der Waals surface area contributed by atoms with E-state index in [1.807, 2.05) is 12.1 Å². The molecule has 27 heavy (non-hydrogen) atoms. The molecule has 4 rings (SSSR count). The van der Waals surface area contributed by atoms with Crippen molar-refractivity contribution in [3.8, 4) is 0 Å². The van der Waals surface area contributed by atoms with Crippen LogP contribution >= 0.6 is 0 Å². The first-order chi connectivity index (χ1) is 13.1. The van der Waals surface area contributed by atoms with E-state index in [4.69, 9.17) is 4.42 Å². The standard InChI is InChI=1S/C19H19N3O4S/c23-19(21-13-15-7-4-12-26-15)16-8-3-11-22(16)27(24,25)17-9-1-5-14-6-2-10-20-18(14)17/h1-2,4-7,9-10,12,16H,3,8,11,13H2,(H,21,23)/t16-/m0/s1. The monoisotopic (exact) mass is 385 g/mol. The van der Waals surface area contributed by atoms with Gasteiger partial charge in [-0.25, -0.2) is 8.42 Å². The quantitative estimate of drug-likeness (QED) is 0.727. The molecule has 0 bridgehead atoms. The zero-order valence-electron chi connectivity index (χ0n) is 14.5. The molecule has 1 N–H and O–H groups in total. The maximum absolute atomic E-state index is 13.3. The molecule has 7 nitrogen and oxygen atoms in total. The van der Waals surface area contributed by atoms with E-state index >= 15 is 0 Å². The highest BCUT2D eigenvalue weighted by atomic mass is 32.2. The number of fused-ring (bicyclic) bond motifs is 1. The molecule has 2 aromatic heterocycles. The van der Waals surface area contributed by atoms with Gasteiger partial charge in [0.1, 0.15) is 16.7 Å². The van der Waals surface area contributed by atoms with Crippen LogP contribution in [0.4, 0.5) is 0 Å². The van der Waals surface area contributed by atoms with Crippen LogP contribution in [0.1, 0.15) is 18.6 Å². The van der Waals surface area contributed by atoms with Crippen LogP contribution in [-0.4, -0.2) is 36.2 Å². The number of benzene rings is 1. The normalized spacial score (nSPS) is 18.0. The fraction of sp³-hybridized carbons (Fsp3) is 0.263. The second-order valence-electron chi connectivity index (χ2n) is 6.40. The van der Waals surface area contributed by atoms with Gasteiger partial charge in [-0.15, -0.1) is 0 Å². The summed E-state index contributed by atoms with van der Waals surface area (Å²) in [4.78, 5) is 17.0. The molecule has 0 radical (unpaired) electrons. The van der Waals surface area contributed by atoms with Crippen LogP contribution in [0.15, 0.2) is 64.2 Å². The molecule has 1 atom stereocenters. The van der Waals surface area contributed by atoms with E-state index in [1.54, 1.807) is 36.5 Å². The van der Waals surface area contributed by atoms with E-state index in [-0.39, 0.29) is 17.3 Å². The van der Waals surface area contributed by atoms with Crippen LogP contribution in [-0.2, 0) is 21.4 Å². The molecule has 8 heteroatoms. The Kier molecular flexibility index (Phi) is 4.67. The summed E-state index contributed by atoms with van der Waals surface area (Å²) in [5, 5.41) is 3.51. The van der Waals surface area contributed by atoms with Gasteiger partial charge in [-0.05, 0) is 37.1 Å². The molecule has 0 saturated carbocycles. The summed E-state index contributed by atoms with van der Waals surface area (Å²) in [5.74, 6) is 0.301. The van der Waals surface area contributed by atoms with Gasteiger partial charge in [0, 0.05) is 18.1 Å². The molecular formula is C19H19N3O4S. The molecule has 1 aliphatic rings. The highest BCUT2D eigenvalue weighted by Gasteiger charge is 2.40. The Labute approximate surface area is 157 Å². The van der Waals surface area contributed by atoms with Crippen molar-refractivity contribution in [2.45, 2.75) is 30.3 Å². The molecule has 140 valence electrons. The van der Waals surface area contributed by atoms with Crippen molar-refractivity contribution in [1.29, 1.82) is 0 Å². The number of sulfonamides is 1. The number of amides is 1. The molecule has 1 aromatic carbocycles. The first-order valence-corrected chi connectivity index (χ1v) is 10.2. The van der Waals surface area contributed by atoms with E-state index in [9.17, 15) is 13.2 Å². The Morgan fingerprint density at radius 1 is 1.22 bits per heavy atom. The van der Waals surface area contributed by atoms with Crippen molar-refractivity contribution in [1.82, 2.24) is 14.6 Å². The largest absolute Gasteiger partial charge is 0.467 e. The highest BCUT2D eigenvalue weighted by Crippen LogP contribution is 2.29. The molecule has 1 amide bonds. The number of hydrogen-bond acceptors (Lipinski definition) is 5. The molecule has 0 spiro atoms. The molecule has 1 saturated heterocycles. The number of pyridine rings is 1. The zero-order chi connectivity index (χ0) is 18.9. The van der Waals surface area contributed by atoms with E-state index in [0.717, 1.165) is 5.39 Å². The van der Waals surface area contributed by atoms with E-state index in [0.29, 0.717) is 30.7 Å². The molecule has 1 fully saturated rings. The summed E-state index contributed by atoms with van der Waals surface area (Å²) >= 11 is 0. The number of nitrogens with zero attached hydrogens (tertiary/aromatic N) is 2. The van der Waals surface area contributed by atoms with Crippen molar-refractivity contribution >= 4 is 26.8 Å². The first kappa shape index (κ1) is 17.7. The minimum absolute atomic E-state index is 0.131. The van der Waals surface area contributed by atoms with Gasteiger partial charge in [-0.3, -0.25) is 9.78 Å². The van der Waals surface area contributed by atoms with E-state index in [2.05, 4.69) is 10.3 Å². The molecule has 1 aliphatic heterocycles. The van der Waals surface area contributed by atoms with Gasteiger partial charge in [-0.1, -0.05) is 18.2 Å². The highest BCUT2D eigenvalue weighted by molar-refractivity contribution is 7.89. The number of carbonyl (C=O) groups excluding carboxylic acids is 1. The van der Waals surface area contributed by atoms with Crippen molar-refractivity contribution in [2.75, 3.05) is 6.54 Å². The Balaban J connectivity index is 1.61. The summed E-state index contributed by atoms with van der Waals surface area (Å²) in [5.41, 5.74) is 0.418.